The van der Waals surface area contributed by atoms with Crippen LogP contribution in [-0.4, -0.2) is 16.1 Å². The van der Waals surface area contributed by atoms with E-state index in [1.165, 1.54) is 12.1 Å². The molecule has 0 saturated carbocycles. The van der Waals surface area contributed by atoms with Gasteiger partial charge in [0.25, 0.3) is 5.91 Å². The van der Waals surface area contributed by atoms with Crippen molar-refractivity contribution in [1.29, 1.82) is 0 Å². The molecule has 3 aromatic carbocycles. The summed E-state index contributed by atoms with van der Waals surface area (Å²) >= 11 is 0. The number of halogens is 1. The van der Waals surface area contributed by atoms with Gasteiger partial charge in [-0.2, -0.15) is 5.10 Å². The molecule has 27 heavy (non-hydrogen) atoms. The van der Waals surface area contributed by atoms with Gasteiger partial charge in [-0.1, -0.05) is 42.5 Å². The van der Waals surface area contributed by atoms with Gasteiger partial charge in [0.15, 0.2) is 0 Å². The first kappa shape index (κ1) is 16.7. The van der Waals surface area contributed by atoms with Crippen LogP contribution in [0.4, 0.5) is 10.1 Å². The molecule has 4 rings (SSSR count). The number of nitrogens with zero attached hydrogens (tertiary/aromatic N) is 1. The Balaban J connectivity index is 1.47. The van der Waals surface area contributed by atoms with E-state index in [1.807, 2.05) is 54.6 Å². The topological polar surface area (TPSA) is 57.8 Å². The van der Waals surface area contributed by atoms with Crippen LogP contribution in [0.15, 0.2) is 84.9 Å². The molecule has 0 saturated heterocycles. The molecule has 1 heterocycles. The highest BCUT2D eigenvalue weighted by Gasteiger charge is 2.11. The largest absolute Gasteiger partial charge is 0.321 e. The molecule has 1 aromatic heterocycles. The van der Waals surface area contributed by atoms with Gasteiger partial charge in [0.2, 0.25) is 0 Å². The normalized spacial score (nSPS) is 10.6. The summed E-state index contributed by atoms with van der Waals surface area (Å²) in [4.78, 5) is 12.4. The van der Waals surface area contributed by atoms with E-state index < -0.39 is 0 Å². The van der Waals surface area contributed by atoms with Gasteiger partial charge in [0, 0.05) is 11.3 Å². The number of carbonyl (C=O) groups is 1. The first-order chi connectivity index (χ1) is 13.2. The molecule has 0 aliphatic heterocycles. The van der Waals surface area contributed by atoms with E-state index in [0.717, 1.165) is 16.7 Å². The predicted molar refractivity (Wildman–Crippen MR) is 104 cm³/mol. The fraction of sp³-hybridized carbons (Fsp3) is 0. The number of rotatable bonds is 4. The second kappa shape index (κ2) is 7.25. The van der Waals surface area contributed by atoms with Crippen molar-refractivity contribution in [1.82, 2.24) is 10.2 Å². The lowest BCUT2D eigenvalue weighted by molar-refractivity contribution is 0.102. The highest BCUT2D eigenvalue weighted by molar-refractivity contribution is 6.03. The van der Waals surface area contributed by atoms with Crippen LogP contribution < -0.4 is 5.32 Å². The number of H-pyrrole nitrogens is 1. The number of aromatic nitrogens is 2. The smallest absolute Gasteiger partial charge is 0.273 e. The Morgan fingerprint density at radius 2 is 1.44 bits per heavy atom. The summed E-state index contributed by atoms with van der Waals surface area (Å²) in [5, 5.41) is 9.69. The Morgan fingerprint density at radius 1 is 0.815 bits per heavy atom. The number of anilines is 1. The molecule has 4 nitrogen and oxygen atoms in total. The Morgan fingerprint density at radius 3 is 2.15 bits per heavy atom. The van der Waals surface area contributed by atoms with Crippen LogP contribution in [-0.2, 0) is 0 Å². The van der Waals surface area contributed by atoms with Crippen molar-refractivity contribution in [3.63, 3.8) is 0 Å². The maximum Gasteiger partial charge on any atom is 0.273 e. The summed E-state index contributed by atoms with van der Waals surface area (Å²) in [6.45, 7) is 0. The minimum atomic E-state index is -0.314. The summed E-state index contributed by atoms with van der Waals surface area (Å²) in [5.41, 5.74) is 4.54. The van der Waals surface area contributed by atoms with Crippen molar-refractivity contribution in [2.24, 2.45) is 0 Å². The Hall–Kier alpha value is -3.73. The van der Waals surface area contributed by atoms with Crippen LogP contribution in [0.25, 0.3) is 22.4 Å². The van der Waals surface area contributed by atoms with Gasteiger partial charge in [-0.25, -0.2) is 4.39 Å². The monoisotopic (exact) mass is 357 g/mol. The zero-order valence-electron chi connectivity index (χ0n) is 14.3. The van der Waals surface area contributed by atoms with Gasteiger partial charge in [-0.3, -0.25) is 9.89 Å². The van der Waals surface area contributed by atoms with Gasteiger partial charge in [0.1, 0.15) is 11.5 Å². The molecule has 5 heteroatoms. The Labute approximate surface area is 155 Å². The second-order valence-electron chi connectivity index (χ2n) is 6.07. The molecular formula is C22H16FN3O. The van der Waals surface area contributed by atoms with Crippen molar-refractivity contribution >= 4 is 11.6 Å². The Kier molecular flexibility index (Phi) is 4.49. The molecular weight excluding hydrogens is 341 g/mol. The van der Waals surface area contributed by atoms with E-state index in [-0.39, 0.29) is 11.7 Å². The van der Waals surface area contributed by atoms with Crippen molar-refractivity contribution in [2.75, 3.05) is 5.32 Å². The predicted octanol–water partition coefficient (Wildman–Crippen LogP) is 5.14. The summed E-state index contributed by atoms with van der Waals surface area (Å²) < 4.78 is 13.0. The fourth-order valence-corrected chi connectivity index (χ4v) is 2.78. The summed E-state index contributed by atoms with van der Waals surface area (Å²) in [6.07, 6.45) is 0. The lowest BCUT2D eigenvalue weighted by Gasteiger charge is -2.05. The highest BCUT2D eigenvalue weighted by Crippen LogP contribution is 2.22. The third kappa shape index (κ3) is 3.77. The zero-order valence-corrected chi connectivity index (χ0v) is 14.3. The average Bonchev–Trinajstić information content (AvgIpc) is 3.20. The summed E-state index contributed by atoms with van der Waals surface area (Å²) in [7, 11) is 0. The molecule has 0 unspecified atom stereocenters. The van der Waals surface area contributed by atoms with Crippen LogP contribution in [0.3, 0.4) is 0 Å². The van der Waals surface area contributed by atoms with Crippen molar-refractivity contribution in [3.05, 3.63) is 96.4 Å². The van der Waals surface area contributed by atoms with Crippen LogP contribution in [0, 0.1) is 5.82 Å². The number of amides is 1. The number of carbonyl (C=O) groups excluding carboxylic acids is 1. The number of hydrogen-bond acceptors (Lipinski definition) is 2. The third-order valence-corrected chi connectivity index (χ3v) is 4.21. The van der Waals surface area contributed by atoms with E-state index in [1.54, 1.807) is 18.2 Å². The van der Waals surface area contributed by atoms with Gasteiger partial charge < -0.3 is 5.32 Å². The van der Waals surface area contributed by atoms with Crippen LogP contribution >= 0.6 is 0 Å². The van der Waals surface area contributed by atoms with E-state index in [0.29, 0.717) is 17.1 Å². The van der Waals surface area contributed by atoms with Crippen LogP contribution in [0.1, 0.15) is 10.5 Å². The molecule has 132 valence electrons. The molecule has 4 aromatic rings. The quantitative estimate of drug-likeness (QED) is 0.532. The SMILES string of the molecule is O=C(Nc1ccc(-c2ccccc2)cc1)c1cc(-c2ccc(F)cc2)n[nH]1. The maximum atomic E-state index is 13.0. The average molecular weight is 357 g/mol. The fourth-order valence-electron chi connectivity index (χ4n) is 2.78. The number of aromatic amines is 1. The molecule has 1 amide bonds. The first-order valence-corrected chi connectivity index (χ1v) is 8.47. The van der Waals surface area contributed by atoms with Crippen molar-refractivity contribution in [3.8, 4) is 22.4 Å². The lowest BCUT2D eigenvalue weighted by atomic mass is 10.1. The van der Waals surface area contributed by atoms with Gasteiger partial charge in [-0.15, -0.1) is 0 Å². The number of hydrogen-bond donors (Lipinski definition) is 2. The van der Waals surface area contributed by atoms with Crippen LogP contribution in [0.5, 0.6) is 0 Å². The molecule has 0 spiro atoms. The standard InChI is InChI=1S/C22H16FN3O/c23-18-10-6-17(7-11-18)20-14-21(26-25-20)22(27)24-19-12-8-16(9-13-19)15-4-2-1-3-5-15/h1-14H,(H,24,27)(H,25,26). The minimum Gasteiger partial charge on any atom is -0.321 e. The number of benzene rings is 3. The summed E-state index contributed by atoms with van der Waals surface area (Å²) in [6, 6.07) is 25.3. The second-order valence-corrected chi connectivity index (χ2v) is 6.07. The maximum absolute atomic E-state index is 13.0. The lowest BCUT2D eigenvalue weighted by Crippen LogP contribution is -2.12. The first-order valence-electron chi connectivity index (χ1n) is 8.47. The van der Waals surface area contributed by atoms with E-state index >= 15 is 0 Å². The molecule has 0 atom stereocenters. The van der Waals surface area contributed by atoms with Gasteiger partial charge in [0.05, 0.1) is 5.69 Å². The minimum absolute atomic E-state index is 0.289. The van der Waals surface area contributed by atoms with E-state index in [2.05, 4.69) is 15.5 Å². The van der Waals surface area contributed by atoms with E-state index in [9.17, 15) is 9.18 Å². The van der Waals surface area contributed by atoms with Gasteiger partial charge in [-0.05, 0) is 53.6 Å². The van der Waals surface area contributed by atoms with Crippen molar-refractivity contribution in [2.45, 2.75) is 0 Å². The molecule has 0 aliphatic carbocycles. The molecule has 0 aliphatic rings. The highest BCUT2D eigenvalue weighted by atomic mass is 19.1. The molecule has 0 bridgehead atoms. The molecule has 2 N–H and O–H groups in total. The third-order valence-electron chi connectivity index (χ3n) is 4.21. The molecule has 0 fully saturated rings. The zero-order chi connectivity index (χ0) is 18.6. The summed E-state index contributed by atoms with van der Waals surface area (Å²) in [5.74, 6) is -0.602. The van der Waals surface area contributed by atoms with E-state index in [4.69, 9.17) is 0 Å². The van der Waals surface area contributed by atoms with Gasteiger partial charge >= 0.3 is 0 Å². The number of nitrogens with one attached hydrogen (secondary N) is 2. The molecule has 0 radical (unpaired) electrons. The van der Waals surface area contributed by atoms with Crippen LogP contribution in [0.2, 0.25) is 0 Å². The Bertz CT molecular complexity index is 1050. The van der Waals surface area contributed by atoms with Crippen molar-refractivity contribution < 1.29 is 9.18 Å².